The Morgan fingerprint density at radius 2 is 2.38 bits per heavy atom. The van der Waals surface area contributed by atoms with Crippen LogP contribution in [0.15, 0.2) is 29.1 Å². The molecule has 0 fully saturated rings. The van der Waals surface area contributed by atoms with Crippen LogP contribution in [0.2, 0.25) is 0 Å². The summed E-state index contributed by atoms with van der Waals surface area (Å²) in [5.41, 5.74) is 4.74. The van der Waals surface area contributed by atoms with Gasteiger partial charge in [-0.15, -0.1) is 11.3 Å². The van der Waals surface area contributed by atoms with Gasteiger partial charge in [0.25, 0.3) is 0 Å². The lowest BCUT2D eigenvalue weighted by Crippen LogP contribution is -2.23. The van der Waals surface area contributed by atoms with Crippen LogP contribution in [0, 0.1) is 0 Å². The second-order valence-electron chi connectivity index (χ2n) is 5.17. The smallest absolute Gasteiger partial charge is 0.225 e. The zero-order valence-electron chi connectivity index (χ0n) is 12.0. The number of carbonyl (C=O) groups excluding carboxylic acids is 1. The van der Waals surface area contributed by atoms with Gasteiger partial charge in [0.15, 0.2) is 0 Å². The van der Waals surface area contributed by atoms with Gasteiger partial charge in [-0.3, -0.25) is 4.79 Å². The van der Waals surface area contributed by atoms with Crippen LogP contribution in [0.4, 0.5) is 5.69 Å². The Morgan fingerprint density at radius 3 is 3.14 bits per heavy atom. The van der Waals surface area contributed by atoms with E-state index in [0.717, 1.165) is 35.5 Å². The molecule has 0 radical (unpaired) electrons. The van der Waals surface area contributed by atoms with Crippen LogP contribution in [0.3, 0.4) is 0 Å². The van der Waals surface area contributed by atoms with Gasteiger partial charge in [-0.1, -0.05) is 19.4 Å². The fraction of sp³-hybridized carbons (Fsp3) is 0.375. The lowest BCUT2D eigenvalue weighted by Gasteiger charge is -2.25. The fourth-order valence-electron chi connectivity index (χ4n) is 2.53. The summed E-state index contributed by atoms with van der Waals surface area (Å²) < 4.78 is 5.71. The Morgan fingerprint density at radius 1 is 1.48 bits per heavy atom. The van der Waals surface area contributed by atoms with Gasteiger partial charge < -0.3 is 10.1 Å². The summed E-state index contributed by atoms with van der Waals surface area (Å²) >= 11 is 1.56. The molecule has 1 aromatic heterocycles. The average molecular weight is 302 g/mol. The number of rotatable bonds is 5. The number of aromatic nitrogens is 1. The summed E-state index contributed by atoms with van der Waals surface area (Å²) in [6.45, 7) is 2.84. The van der Waals surface area contributed by atoms with Crippen LogP contribution in [0.5, 0.6) is 5.75 Å². The number of ether oxygens (including phenoxy) is 1. The molecular weight excluding hydrogens is 284 g/mol. The van der Waals surface area contributed by atoms with Crippen molar-refractivity contribution in [1.29, 1.82) is 0 Å². The van der Waals surface area contributed by atoms with Gasteiger partial charge >= 0.3 is 0 Å². The van der Waals surface area contributed by atoms with Crippen molar-refractivity contribution in [2.45, 2.75) is 32.1 Å². The highest BCUT2D eigenvalue weighted by Crippen LogP contribution is 2.38. The summed E-state index contributed by atoms with van der Waals surface area (Å²) in [4.78, 5) is 16.3. The normalized spacial score (nSPS) is 17.2. The van der Waals surface area contributed by atoms with Crippen LogP contribution in [0.1, 0.15) is 43.4 Å². The van der Waals surface area contributed by atoms with Crippen molar-refractivity contribution < 1.29 is 9.53 Å². The molecule has 110 valence electrons. The minimum atomic E-state index is 0.0335. The summed E-state index contributed by atoms with van der Waals surface area (Å²) in [6.07, 6.45) is 2.59. The minimum Gasteiger partial charge on any atom is -0.494 e. The SMILES string of the molecule is CCCCOc1ccc2c(c1)NC(=O)CC2c1cscn1. The number of nitrogens with one attached hydrogen (secondary N) is 1. The number of nitrogens with zero attached hydrogens (tertiary/aromatic N) is 1. The highest BCUT2D eigenvalue weighted by molar-refractivity contribution is 7.07. The predicted molar refractivity (Wildman–Crippen MR) is 84.0 cm³/mol. The highest BCUT2D eigenvalue weighted by atomic mass is 32.1. The van der Waals surface area contributed by atoms with E-state index in [2.05, 4.69) is 17.2 Å². The molecule has 1 aliphatic rings. The summed E-state index contributed by atoms with van der Waals surface area (Å²) in [7, 11) is 0. The molecule has 0 saturated heterocycles. The third-order valence-corrected chi connectivity index (χ3v) is 4.24. The first kappa shape index (κ1) is 14.1. The molecule has 2 aromatic rings. The van der Waals surface area contributed by atoms with Crippen LogP contribution in [0.25, 0.3) is 0 Å². The van der Waals surface area contributed by atoms with Crippen molar-refractivity contribution in [1.82, 2.24) is 4.98 Å². The quantitative estimate of drug-likeness (QED) is 0.855. The number of benzene rings is 1. The average Bonchev–Trinajstić information content (AvgIpc) is 3.00. The van der Waals surface area contributed by atoms with E-state index in [1.165, 1.54) is 0 Å². The van der Waals surface area contributed by atoms with Crippen LogP contribution in [-0.4, -0.2) is 17.5 Å². The number of fused-ring (bicyclic) bond motifs is 1. The lowest BCUT2D eigenvalue weighted by molar-refractivity contribution is -0.116. The maximum Gasteiger partial charge on any atom is 0.225 e. The van der Waals surface area contributed by atoms with E-state index in [1.54, 1.807) is 11.3 Å². The molecule has 3 rings (SSSR count). The van der Waals surface area contributed by atoms with Gasteiger partial charge in [-0.05, 0) is 18.1 Å². The number of carbonyl (C=O) groups is 1. The van der Waals surface area contributed by atoms with Crippen molar-refractivity contribution >= 4 is 22.9 Å². The van der Waals surface area contributed by atoms with Crippen molar-refractivity contribution in [3.05, 3.63) is 40.3 Å². The third kappa shape index (κ3) is 3.08. The topological polar surface area (TPSA) is 51.2 Å². The van der Waals surface area contributed by atoms with Crippen LogP contribution >= 0.6 is 11.3 Å². The molecule has 0 spiro atoms. The summed E-state index contributed by atoms with van der Waals surface area (Å²) in [5, 5.41) is 4.95. The Hall–Kier alpha value is -1.88. The fourth-order valence-corrected chi connectivity index (χ4v) is 3.13. The predicted octanol–water partition coefficient (Wildman–Crippen LogP) is 3.80. The molecule has 1 aromatic carbocycles. The molecule has 21 heavy (non-hydrogen) atoms. The second-order valence-corrected chi connectivity index (χ2v) is 5.89. The molecule has 2 heterocycles. The molecule has 0 saturated carbocycles. The molecule has 5 heteroatoms. The first-order valence-corrected chi connectivity index (χ1v) is 8.17. The van der Waals surface area contributed by atoms with E-state index in [4.69, 9.17) is 4.74 Å². The Kier molecular flexibility index (Phi) is 4.20. The van der Waals surface area contributed by atoms with E-state index in [1.807, 2.05) is 29.1 Å². The second kappa shape index (κ2) is 6.26. The molecule has 1 N–H and O–H groups in total. The lowest BCUT2D eigenvalue weighted by atomic mass is 9.88. The Labute approximate surface area is 128 Å². The van der Waals surface area contributed by atoms with Crippen LogP contribution in [-0.2, 0) is 4.79 Å². The largest absolute Gasteiger partial charge is 0.494 e. The number of anilines is 1. The first-order valence-electron chi connectivity index (χ1n) is 7.22. The monoisotopic (exact) mass is 302 g/mol. The van der Waals surface area contributed by atoms with E-state index in [-0.39, 0.29) is 11.8 Å². The molecule has 1 aliphatic heterocycles. The van der Waals surface area contributed by atoms with E-state index in [0.29, 0.717) is 13.0 Å². The molecule has 0 aliphatic carbocycles. The Balaban J connectivity index is 1.87. The molecular formula is C16H18N2O2S. The molecule has 1 unspecified atom stereocenters. The van der Waals surface area contributed by atoms with Gasteiger partial charge in [0, 0.05) is 29.5 Å². The Bertz CT molecular complexity index is 625. The number of hydrogen-bond donors (Lipinski definition) is 1. The van der Waals surface area contributed by atoms with Crippen molar-refractivity contribution in [3.63, 3.8) is 0 Å². The zero-order valence-corrected chi connectivity index (χ0v) is 12.8. The maximum atomic E-state index is 11.9. The molecule has 4 nitrogen and oxygen atoms in total. The minimum absolute atomic E-state index is 0.0335. The van der Waals surface area contributed by atoms with Crippen molar-refractivity contribution in [3.8, 4) is 5.75 Å². The number of thiazole rings is 1. The number of unbranched alkanes of at least 4 members (excludes halogenated alkanes) is 1. The first-order chi connectivity index (χ1) is 10.3. The van der Waals surface area contributed by atoms with Gasteiger partial charge in [0.05, 0.1) is 17.8 Å². The van der Waals surface area contributed by atoms with Gasteiger partial charge in [-0.25, -0.2) is 4.98 Å². The molecule has 1 atom stereocenters. The van der Waals surface area contributed by atoms with Gasteiger partial charge in [-0.2, -0.15) is 0 Å². The molecule has 0 bridgehead atoms. The summed E-state index contributed by atoms with van der Waals surface area (Å²) in [5.74, 6) is 0.886. The zero-order chi connectivity index (χ0) is 14.7. The maximum absolute atomic E-state index is 11.9. The third-order valence-electron chi connectivity index (χ3n) is 3.64. The van der Waals surface area contributed by atoms with Crippen molar-refractivity contribution in [2.75, 3.05) is 11.9 Å². The summed E-state index contributed by atoms with van der Waals surface area (Å²) in [6, 6.07) is 5.94. The van der Waals surface area contributed by atoms with Crippen molar-refractivity contribution in [2.24, 2.45) is 0 Å². The highest BCUT2D eigenvalue weighted by Gasteiger charge is 2.27. The van der Waals surface area contributed by atoms with Gasteiger partial charge in [0.1, 0.15) is 5.75 Å². The molecule has 1 amide bonds. The van der Waals surface area contributed by atoms with Gasteiger partial charge in [0.2, 0.25) is 5.91 Å². The standard InChI is InChI=1S/C16H18N2O2S/c1-2-3-6-20-11-4-5-12-13(15-9-21-10-17-15)8-16(19)18-14(12)7-11/h4-5,7,9-10,13H,2-3,6,8H2,1H3,(H,18,19). The van der Waals surface area contributed by atoms with E-state index in [9.17, 15) is 4.79 Å². The van der Waals surface area contributed by atoms with E-state index >= 15 is 0 Å². The number of hydrogen-bond acceptors (Lipinski definition) is 4. The number of amides is 1. The van der Waals surface area contributed by atoms with Crippen LogP contribution < -0.4 is 10.1 Å². The van der Waals surface area contributed by atoms with E-state index < -0.39 is 0 Å².